The molecule has 0 bridgehead atoms. The molecule has 1 aromatic carbocycles. The van der Waals surface area contributed by atoms with Gasteiger partial charge in [-0.05, 0) is 30.3 Å². The highest BCUT2D eigenvalue weighted by Crippen LogP contribution is 2.24. The van der Waals surface area contributed by atoms with Crippen molar-refractivity contribution in [3.8, 4) is 0 Å². The minimum atomic E-state index is -3.85. The number of aliphatic hydroxyl groups is 1. The zero-order valence-corrected chi connectivity index (χ0v) is 13.7. The van der Waals surface area contributed by atoms with Gasteiger partial charge in [-0.2, -0.15) is 0 Å². The Morgan fingerprint density at radius 2 is 2.15 bits per heavy atom. The van der Waals surface area contributed by atoms with Crippen LogP contribution in [0, 0.1) is 5.89 Å². The van der Waals surface area contributed by atoms with E-state index in [9.17, 15) is 19.5 Å². The summed E-state index contributed by atoms with van der Waals surface area (Å²) in [5.74, 6) is -9.53. The molecule has 0 aliphatic carbocycles. The van der Waals surface area contributed by atoms with Gasteiger partial charge in [-0.15, -0.1) is 0 Å². The summed E-state index contributed by atoms with van der Waals surface area (Å²) in [6.07, 6.45) is -6.63. The fourth-order valence-corrected chi connectivity index (χ4v) is 1.82. The quantitative estimate of drug-likeness (QED) is 0.690. The van der Waals surface area contributed by atoms with Gasteiger partial charge in [0, 0.05) is 28.6 Å². The van der Waals surface area contributed by atoms with E-state index in [1.54, 1.807) is 5.32 Å². The molecule has 0 fully saturated rings. The van der Waals surface area contributed by atoms with Gasteiger partial charge < -0.3 is 20.6 Å². The number of likely N-dealkylation sites (N-methyl/N-ethyl adjacent to an activating group) is 1. The summed E-state index contributed by atoms with van der Waals surface area (Å²) in [6, 6.07) is -11.2. The molecular weight excluding hydrogens is 334 g/mol. The van der Waals surface area contributed by atoms with Crippen molar-refractivity contribution in [1.82, 2.24) is 15.5 Å². The number of carbonyl (C=O) groups excluding carboxylic acids is 3. The monoisotopic (exact) mass is 378 g/mol. The Morgan fingerprint density at radius 3 is 2.85 bits per heavy atom. The van der Waals surface area contributed by atoms with Gasteiger partial charge in [0.15, 0.2) is 0 Å². The van der Waals surface area contributed by atoms with E-state index in [0.29, 0.717) is 14.0 Å². The minimum absolute atomic E-state index is 0.0249. The predicted octanol–water partition coefficient (Wildman–Crippen LogP) is 0.380. The Bertz CT molecular complexity index is 1350. The van der Waals surface area contributed by atoms with Crippen molar-refractivity contribution >= 4 is 17.7 Å². The summed E-state index contributed by atoms with van der Waals surface area (Å²) in [5.41, 5.74) is -2.44. The number of nitrogens with zero attached hydrogens (tertiary/aromatic N) is 1. The second kappa shape index (κ2) is 8.31. The van der Waals surface area contributed by atoms with Crippen LogP contribution in [0.5, 0.6) is 0 Å². The molecule has 2 rings (SSSR count). The van der Waals surface area contributed by atoms with E-state index >= 15 is 0 Å². The summed E-state index contributed by atoms with van der Waals surface area (Å²) in [6.45, 7) is -10.4. The van der Waals surface area contributed by atoms with E-state index in [0.717, 1.165) is 0 Å². The lowest BCUT2D eigenvalue weighted by Crippen LogP contribution is -2.51. The summed E-state index contributed by atoms with van der Waals surface area (Å²) in [4.78, 5) is 39.4. The number of hydrogen-bond donors (Lipinski definition) is 3. The zero-order chi connectivity index (χ0) is 34.3. The molecule has 7 nitrogen and oxygen atoms in total. The van der Waals surface area contributed by atoms with Crippen LogP contribution in [0.4, 0.5) is 0 Å². The average molecular weight is 379 g/mol. The van der Waals surface area contributed by atoms with Crippen LogP contribution in [0.15, 0.2) is 24.2 Å². The normalized spacial score (nSPS) is 38.2. The molecule has 3 N–H and O–H groups in total. The SMILES string of the molecule is [2H]c1c([2H])c([2H])c2c(c1[2H])C([2H])([2H])C([2H])([2H])N(C)C(=O)[C@@]2([2H])NC(=O)[C@]([2H])(C)NC(=O)[C@@H](O)C([2H])(C([2H])([2H])[2H])C([2H])([2H])[2H]. The highest BCUT2D eigenvalue weighted by atomic mass is 16.3. The predicted molar refractivity (Wildman–Crippen MR) is 97.1 cm³/mol. The highest BCUT2D eigenvalue weighted by Gasteiger charge is 2.32. The van der Waals surface area contributed by atoms with Gasteiger partial charge in [-0.3, -0.25) is 14.4 Å². The first-order valence-electron chi connectivity index (χ1n) is 15.6. The topological polar surface area (TPSA) is 98.7 Å². The lowest BCUT2D eigenvalue weighted by molar-refractivity contribution is -0.137. The van der Waals surface area contributed by atoms with Crippen molar-refractivity contribution < 1.29 is 42.8 Å². The van der Waals surface area contributed by atoms with Crippen LogP contribution in [0.25, 0.3) is 0 Å². The Labute approximate surface area is 177 Å². The zero-order valence-electron chi connectivity index (χ0n) is 30.7. The van der Waals surface area contributed by atoms with E-state index in [2.05, 4.69) is 0 Å². The van der Waals surface area contributed by atoms with Gasteiger partial charge in [0.1, 0.15) is 18.1 Å². The van der Waals surface area contributed by atoms with Crippen molar-refractivity contribution in [2.75, 3.05) is 13.5 Å². The number of rotatable bonds is 5. The number of benzene rings is 1. The van der Waals surface area contributed by atoms with Gasteiger partial charge in [-0.1, -0.05) is 37.9 Å². The fraction of sp³-hybridized carbons (Fsp3) is 0.526. The van der Waals surface area contributed by atoms with E-state index in [1.807, 2.05) is 0 Å². The second-order valence-corrected chi connectivity index (χ2v) is 5.11. The summed E-state index contributed by atoms with van der Waals surface area (Å²) < 4.78 is 135. The minimum Gasteiger partial charge on any atom is -0.383 e. The molecule has 7 heteroatoms. The fourth-order valence-electron chi connectivity index (χ4n) is 1.82. The van der Waals surface area contributed by atoms with Gasteiger partial charge in [-0.25, -0.2) is 0 Å². The molecule has 0 saturated heterocycles. The van der Waals surface area contributed by atoms with Crippen LogP contribution in [0.1, 0.15) is 61.1 Å². The van der Waals surface area contributed by atoms with Crippen LogP contribution >= 0.6 is 0 Å². The molecule has 0 saturated carbocycles. The van der Waals surface area contributed by atoms with E-state index < -0.39 is 104 Å². The molecule has 1 aliphatic rings. The molecule has 1 aliphatic heterocycles. The molecule has 0 aromatic heterocycles. The maximum absolute atomic E-state index is 13.5. The summed E-state index contributed by atoms with van der Waals surface area (Å²) in [5, 5.41) is 13.5. The number of carbonyl (C=O) groups is 3. The third kappa shape index (κ3) is 4.40. The number of aliphatic hydroxyl groups excluding tert-OH is 1. The molecule has 142 valence electrons. The highest BCUT2D eigenvalue weighted by molar-refractivity contribution is 5.93. The molecule has 3 atom stereocenters. The molecule has 3 amide bonds. The molecule has 0 unspecified atom stereocenters. The Hall–Kier alpha value is -2.41. The first-order chi connectivity index (χ1) is 18.9. The largest absolute Gasteiger partial charge is 0.383 e. The van der Waals surface area contributed by atoms with Crippen molar-refractivity contribution in [2.24, 2.45) is 5.89 Å². The first kappa shape index (κ1) is 6.96. The average Bonchev–Trinajstić information content (AvgIpc) is 2.87. The number of fused-ring (bicyclic) bond motifs is 1. The van der Waals surface area contributed by atoms with Crippen molar-refractivity contribution in [1.29, 1.82) is 0 Å². The molecular formula is C19H27N3O4. The van der Waals surface area contributed by atoms with E-state index in [-0.39, 0.29) is 4.90 Å². The third-order valence-corrected chi connectivity index (χ3v) is 3.22. The summed E-state index contributed by atoms with van der Waals surface area (Å²) in [7, 11) is 0.674. The lowest BCUT2D eigenvalue weighted by Gasteiger charge is -2.24. The number of hydrogen-bond acceptors (Lipinski definition) is 4. The second-order valence-electron chi connectivity index (χ2n) is 5.11. The van der Waals surface area contributed by atoms with Gasteiger partial charge in [0.25, 0.3) is 0 Å². The summed E-state index contributed by atoms with van der Waals surface area (Å²) >= 11 is 0. The van der Waals surface area contributed by atoms with Crippen LogP contribution in [0.2, 0.25) is 0 Å². The molecule has 0 radical (unpaired) electrons. The smallest absolute Gasteiger partial charge is 0.249 e. The first-order valence-corrected chi connectivity index (χ1v) is 7.09. The Kier molecular flexibility index (Phi) is 2.23. The molecule has 1 heterocycles. The Balaban J connectivity index is 2.71. The molecule has 1 aromatic rings. The van der Waals surface area contributed by atoms with Crippen molar-refractivity contribution in [3.63, 3.8) is 0 Å². The van der Waals surface area contributed by atoms with Gasteiger partial charge in [0.05, 0.1) is 8.22 Å². The van der Waals surface area contributed by atoms with Crippen molar-refractivity contribution in [3.05, 3.63) is 35.3 Å². The molecule has 0 spiro atoms. The molecule has 26 heavy (non-hydrogen) atoms. The van der Waals surface area contributed by atoms with Crippen LogP contribution in [-0.2, 0) is 20.8 Å². The van der Waals surface area contributed by atoms with Gasteiger partial charge >= 0.3 is 0 Å². The van der Waals surface area contributed by atoms with E-state index in [1.165, 1.54) is 5.32 Å². The Morgan fingerprint density at radius 1 is 1.46 bits per heavy atom. The van der Waals surface area contributed by atoms with Crippen LogP contribution in [0.3, 0.4) is 0 Å². The standard InChI is InChI=1S/C19H27N3O4/c1-11(2)16(23)18(25)20-12(3)17(24)21-15-14-8-6-5-7-13(14)9-10-22(4)19(15)26/h5-8,11-12,15-16,23H,9-10H2,1-4H3,(H,20,25)(H,21,24)/t12-,15-,16-/m0/s1/i1D3,2D3,5D,6D,7D,8D,9D2,10D2,11D,12D,15D. The maximum Gasteiger partial charge on any atom is 0.249 e. The number of amides is 3. The van der Waals surface area contributed by atoms with Gasteiger partial charge in [0.2, 0.25) is 17.7 Å². The van der Waals surface area contributed by atoms with Crippen LogP contribution in [-0.4, -0.2) is 53.4 Å². The van der Waals surface area contributed by atoms with Crippen molar-refractivity contribution in [2.45, 2.75) is 45.1 Å². The third-order valence-electron chi connectivity index (χ3n) is 3.22. The lowest BCUT2D eigenvalue weighted by atomic mass is 9.99. The van der Waals surface area contributed by atoms with E-state index in [4.69, 9.17) is 23.3 Å². The maximum atomic E-state index is 13.5. The number of nitrogens with one attached hydrogen (secondary N) is 2. The van der Waals surface area contributed by atoms with Crippen LogP contribution < -0.4 is 10.6 Å².